The average molecular weight is 482 g/mol. The van der Waals surface area contributed by atoms with E-state index in [2.05, 4.69) is 30.6 Å². The van der Waals surface area contributed by atoms with E-state index in [0.29, 0.717) is 24.9 Å². The molecule has 0 unspecified atom stereocenters. The molecule has 0 aliphatic heterocycles. The number of amides is 1. The maximum absolute atomic E-state index is 13.2. The lowest BCUT2D eigenvalue weighted by molar-refractivity contribution is -0.0235. The van der Waals surface area contributed by atoms with E-state index < -0.39 is 5.60 Å². The molecule has 36 heavy (non-hydrogen) atoms. The predicted octanol–water partition coefficient (Wildman–Crippen LogP) is 3.78. The molecule has 5 aromatic rings. The Kier molecular flexibility index (Phi) is 5.49. The van der Waals surface area contributed by atoms with Gasteiger partial charge in [-0.05, 0) is 69.0 Å². The number of H-pyrrole nitrogens is 1. The summed E-state index contributed by atoms with van der Waals surface area (Å²) in [4.78, 5) is 21.6. The summed E-state index contributed by atoms with van der Waals surface area (Å²) in [5.74, 6) is -0.153. The van der Waals surface area contributed by atoms with E-state index in [9.17, 15) is 9.90 Å². The van der Waals surface area contributed by atoms with Gasteiger partial charge in [-0.1, -0.05) is 0 Å². The summed E-state index contributed by atoms with van der Waals surface area (Å²) in [6.45, 7) is 2.32. The number of hydrogen-bond donors (Lipinski definition) is 3. The average Bonchev–Trinajstić information content (AvgIpc) is 3.46. The highest BCUT2D eigenvalue weighted by Gasteiger charge is 2.36. The van der Waals surface area contributed by atoms with E-state index in [1.807, 2.05) is 43.5 Å². The number of benzene rings is 1. The lowest BCUT2D eigenvalue weighted by Gasteiger charge is -2.37. The smallest absolute Gasteiger partial charge is 0.251 e. The molecule has 9 nitrogen and oxygen atoms in total. The lowest BCUT2D eigenvalue weighted by Crippen LogP contribution is -2.47. The zero-order valence-corrected chi connectivity index (χ0v) is 20.0. The van der Waals surface area contributed by atoms with Crippen LogP contribution < -0.4 is 5.32 Å². The molecule has 3 N–H and O–H groups in total. The van der Waals surface area contributed by atoms with Crippen LogP contribution >= 0.6 is 0 Å². The highest BCUT2D eigenvalue weighted by Crippen LogP contribution is 2.31. The lowest BCUT2D eigenvalue weighted by atomic mass is 9.81. The molecule has 1 aliphatic carbocycles. The summed E-state index contributed by atoms with van der Waals surface area (Å²) >= 11 is 0. The molecule has 1 fully saturated rings. The summed E-state index contributed by atoms with van der Waals surface area (Å²) in [6, 6.07) is 11.2. The monoisotopic (exact) mass is 481 g/mol. The van der Waals surface area contributed by atoms with Crippen LogP contribution in [0.2, 0.25) is 0 Å². The van der Waals surface area contributed by atoms with Gasteiger partial charge in [-0.25, -0.2) is 0 Å². The van der Waals surface area contributed by atoms with Gasteiger partial charge < -0.3 is 10.4 Å². The molecule has 0 spiro atoms. The van der Waals surface area contributed by atoms with Crippen LogP contribution in [0.5, 0.6) is 0 Å². The summed E-state index contributed by atoms with van der Waals surface area (Å²) in [5, 5.41) is 28.4. The predicted molar refractivity (Wildman–Crippen MR) is 136 cm³/mol. The number of nitrogens with one attached hydrogen (secondary N) is 2. The van der Waals surface area contributed by atoms with Gasteiger partial charge in [0, 0.05) is 52.2 Å². The van der Waals surface area contributed by atoms with Gasteiger partial charge in [-0.15, -0.1) is 0 Å². The molecule has 9 heteroatoms. The maximum atomic E-state index is 13.2. The van der Waals surface area contributed by atoms with Crippen molar-refractivity contribution in [1.82, 2.24) is 35.3 Å². The summed E-state index contributed by atoms with van der Waals surface area (Å²) < 4.78 is 1.78. The summed E-state index contributed by atoms with van der Waals surface area (Å²) in [7, 11) is 0. The number of aliphatic hydroxyl groups is 1. The Labute approximate surface area is 207 Å². The Bertz CT molecular complexity index is 1540. The number of hydrogen-bond acceptors (Lipinski definition) is 6. The largest absolute Gasteiger partial charge is 0.388 e. The summed E-state index contributed by atoms with van der Waals surface area (Å²) in [6.07, 6.45) is 9.94. The van der Waals surface area contributed by atoms with Crippen molar-refractivity contribution in [3.05, 3.63) is 72.4 Å². The topological polar surface area (TPSA) is 122 Å². The minimum absolute atomic E-state index is 0.120. The van der Waals surface area contributed by atoms with Crippen LogP contribution in [0.15, 0.2) is 61.2 Å². The van der Waals surface area contributed by atoms with E-state index in [-0.39, 0.29) is 11.9 Å². The molecular weight excluding hydrogens is 454 g/mol. The zero-order valence-electron chi connectivity index (χ0n) is 20.0. The van der Waals surface area contributed by atoms with Crippen LogP contribution in [-0.2, 0) is 6.54 Å². The first-order chi connectivity index (χ1) is 17.5. The van der Waals surface area contributed by atoms with E-state index in [1.165, 1.54) is 0 Å². The van der Waals surface area contributed by atoms with Crippen LogP contribution in [0.25, 0.3) is 33.1 Å². The van der Waals surface area contributed by atoms with Crippen LogP contribution in [0.4, 0.5) is 0 Å². The normalized spacial score (nSPS) is 20.1. The number of fused-ring (bicyclic) bond motifs is 2. The quantitative estimate of drug-likeness (QED) is 0.351. The van der Waals surface area contributed by atoms with Gasteiger partial charge in [0.25, 0.3) is 5.91 Å². The highest BCUT2D eigenvalue weighted by molar-refractivity contribution is 6.01. The first kappa shape index (κ1) is 22.4. The minimum Gasteiger partial charge on any atom is -0.388 e. The Balaban J connectivity index is 1.18. The number of pyridine rings is 2. The molecule has 4 aromatic heterocycles. The van der Waals surface area contributed by atoms with Gasteiger partial charge in [-0.2, -0.15) is 10.2 Å². The van der Waals surface area contributed by atoms with Gasteiger partial charge in [0.15, 0.2) is 0 Å². The van der Waals surface area contributed by atoms with E-state index >= 15 is 0 Å². The highest BCUT2D eigenvalue weighted by atomic mass is 16.3. The number of carbonyl (C=O) groups is 1. The van der Waals surface area contributed by atoms with Gasteiger partial charge in [-0.3, -0.25) is 24.5 Å². The Hall–Kier alpha value is -4.11. The van der Waals surface area contributed by atoms with E-state index in [1.54, 1.807) is 29.3 Å². The number of nitrogens with zero attached hydrogens (tertiary/aromatic N) is 5. The third-order valence-corrected chi connectivity index (χ3v) is 6.96. The molecule has 0 radical (unpaired) electrons. The van der Waals surface area contributed by atoms with Crippen LogP contribution in [0.1, 0.15) is 41.7 Å². The fourth-order valence-electron chi connectivity index (χ4n) is 5.24. The summed E-state index contributed by atoms with van der Waals surface area (Å²) in [5.41, 5.74) is 3.94. The molecule has 1 amide bonds. The second kappa shape index (κ2) is 8.83. The van der Waals surface area contributed by atoms with Gasteiger partial charge in [0.1, 0.15) is 11.2 Å². The van der Waals surface area contributed by atoms with Crippen molar-refractivity contribution in [2.45, 2.75) is 50.8 Å². The molecule has 0 bridgehead atoms. The number of rotatable bonds is 5. The first-order valence-electron chi connectivity index (χ1n) is 12.2. The molecule has 1 aromatic carbocycles. The minimum atomic E-state index is -0.938. The van der Waals surface area contributed by atoms with Crippen LogP contribution in [0.3, 0.4) is 0 Å². The second-order valence-corrected chi connectivity index (χ2v) is 9.77. The van der Waals surface area contributed by atoms with Crippen LogP contribution in [0, 0.1) is 6.92 Å². The standard InChI is InChI=1S/C27H27N7O2/c1-17-11-18(7-10-29-17)25-22-12-19(4-5-23(22)31-32-25)26(35)30-21-3-2-8-27(36,13-21)16-34-15-20-6-9-28-14-24(20)33-34/h4-7,9-12,14-15,21,36H,2-3,8,13,16H2,1H3,(H,30,35)(H,31,32)/t21-,27-/m0/s1. The van der Waals surface area contributed by atoms with Gasteiger partial charge >= 0.3 is 0 Å². The molecular formula is C27H27N7O2. The molecule has 6 rings (SSSR count). The Morgan fingerprint density at radius 2 is 2.17 bits per heavy atom. The Morgan fingerprint density at radius 1 is 1.25 bits per heavy atom. The fourth-order valence-corrected chi connectivity index (χ4v) is 5.24. The van der Waals surface area contributed by atoms with Crippen molar-refractivity contribution in [1.29, 1.82) is 0 Å². The molecule has 182 valence electrons. The van der Waals surface area contributed by atoms with Crippen molar-refractivity contribution < 1.29 is 9.90 Å². The first-order valence-corrected chi connectivity index (χ1v) is 12.2. The van der Waals surface area contributed by atoms with Gasteiger partial charge in [0.05, 0.1) is 23.9 Å². The van der Waals surface area contributed by atoms with Crippen molar-refractivity contribution >= 4 is 27.7 Å². The van der Waals surface area contributed by atoms with Crippen molar-refractivity contribution in [2.24, 2.45) is 0 Å². The molecule has 1 saturated carbocycles. The van der Waals surface area contributed by atoms with Crippen LogP contribution in [-0.4, -0.2) is 52.6 Å². The van der Waals surface area contributed by atoms with Crippen molar-refractivity contribution in [3.63, 3.8) is 0 Å². The van der Waals surface area contributed by atoms with E-state index in [0.717, 1.165) is 51.6 Å². The van der Waals surface area contributed by atoms with Gasteiger partial charge in [0.2, 0.25) is 0 Å². The Morgan fingerprint density at radius 3 is 3.03 bits per heavy atom. The molecule has 2 atom stereocenters. The van der Waals surface area contributed by atoms with Crippen molar-refractivity contribution in [3.8, 4) is 11.3 Å². The van der Waals surface area contributed by atoms with E-state index in [4.69, 9.17) is 0 Å². The van der Waals surface area contributed by atoms with Crippen molar-refractivity contribution in [2.75, 3.05) is 0 Å². The molecule has 4 heterocycles. The third-order valence-electron chi connectivity index (χ3n) is 6.96. The molecule has 0 saturated heterocycles. The maximum Gasteiger partial charge on any atom is 0.251 e. The number of aromatic nitrogens is 6. The number of carbonyl (C=O) groups excluding carboxylic acids is 1. The number of aromatic amines is 1. The molecule has 1 aliphatic rings. The third kappa shape index (κ3) is 4.33. The zero-order chi connectivity index (χ0) is 24.7. The fraction of sp³-hybridized carbons (Fsp3) is 0.296. The second-order valence-electron chi connectivity index (χ2n) is 9.77. The number of aryl methyl sites for hydroxylation is 1. The SMILES string of the molecule is Cc1cc(-c2n[nH]c3ccc(C(=O)N[C@H]4CCC[C@@](O)(Cn5cc6ccncc6n5)C4)cc23)ccn1.